The summed E-state index contributed by atoms with van der Waals surface area (Å²) in [5, 5.41) is 23.6. The first kappa shape index (κ1) is 42.5. The molecule has 4 aliphatic rings. The van der Waals surface area contributed by atoms with Crippen molar-refractivity contribution < 1.29 is 48.4 Å². The van der Waals surface area contributed by atoms with Crippen molar-refractivity contribution in [2.75, 3.05) is 7.11 Å². The molecule has 4 rings (SSSR count). The summed E-state index contributed by atoms with van der Waals surface area (Å²) in [6.45, 7) is 15.7. The molecule has 10 heteroatoms. The number of rotatable bonds is 3. The van der Waals surface area contributed by atoms with E-state index in [1.54, 1.807) is 26.8 Å². The van der Waals surface area contributed by atoms with Crippen LogP contribution in [0.2, 0.25) is 0 Å². The molecule has 0 unspecified atom stereocenters. The van der Waals surface area contributed by atoms with Gasteiger partial charge in [-0.05, 0) is 104 Å². The van der Waals surface area contributed by atoms with Crippen molar-refractivity contribution in [1.29, 1.82) is 0 Å². The second-order valence-corrected chi connectivity index (χ2v) is 17.1. The maximum Gasteiger partial charge on any atom is 0.313 e. The normalized spacial score (nSPS) is 39.7. The van der Waals surface area contributed by atoms with Crippen LogP contribution in [0.5, 0.6) is 0 Å². The van der Waals surface area contributed by atoms with Crippen molar-refractivity contribution in [2.45, 2.75) is 156 Å². The largest absolute Gasteiger partial charge is 0.469 e. The van der Waals surface area contributed by atoms with Crippen molar-refractivity contribution in [3.63, 3.8) is 0 Å². The molecule has 0 radical (unpaired) electrons. The molecule has 2 N–H and O–H groups in total. The molecule has 0 aromatic carbocycles. The number of Topliss-reactive ketones (excluding diaryl/α,β-unsaturated/α-hetero) is 2. The minimum atomic E-state index is -1.73. The van der Waals surface area contributed by atoms with E-state index in [0.29, 0.717) is 49.7 Å². The molecule has 10 nitrogen and oxygen atoms in total. The lowest BCUT2D eigenvalue weighted by molar-refractivity contribution is -0.239. The Hall–Kier alpha value is -3.21. The van der Waals surface area contributed by atoms with Crippen LogP contribution in [0.15, 0.2) is 46.1 Å². The highest BCUT2D eigenvalue weighted by atomic mass is 16.6. The van der Waals surface area contributed by atoms with Crippen LogP contribution in [0.25, 0.3) is 0 Å². The van der Waals surface area contributed by atoms with Gasteiger partial charge in [-0.25, -0.2) is 0 Å². The second kappa shape index (κ2) is 16.7. The Bertz CT molecular complexity index is 1590. The zero-order chi connectivity index (χ0) is 39.6. The summed E-state index contributed by atoms with van der Waals surface area (Å²) in [7, 11) is 1.26. The van der Waals surface area contributed by atoms with Gasteiger partial charge >= 0.3 is 11.9 Å². The first-order chi connectivity index (χ1) is 24.6. The smallest absolute Gasteiger partial charge is 0.313 e. The third-order valence-electron chi connectivity index (χ3n) is 12.6. The Morgan fingerprint density at radius 3 is 2.25 bits per heavy atom. The van der Waals surface area contributed by atoms with E-state index in [0.717, 1.165) is 16.7 Å². The summed E-state index contributed by atoms with van der Waals surface area (Å²) in [5.41, 5.74) is -0.945. The molecule has 0 saturated carbocycles. The molecule has 2 aliphatic heterocycles. The highest BCUT2D eigenvalue weighted by molar-refractivity contribution is 6.02. The topological polar surface area (TPSA) is 154 Å². The van der Waals surface area contributed by atoms with Crippen LogP contribution in [0.3, 0.4) is 0 Å². The predicted molar refractivity (Wildman–Crippen MR) is 200 cm³/mol. The number of hydrogen-bond donors (Lipinski definition) is 2. The van der Waals surface area contributed by atoms with Crippen LogP contribution in [-0.2, 0) is 38.2 Å². The van der Waals surface area contributed by atoms with Gasteiger partial charge in [-0.15, -0.1) is 0 Å². The lowest BCUT2D eigenvalue weighted by Gasteiger charge is -2.50. The molecule has 53 heavy (non-hydrogen) atoms. The van der Waals surface area contributed by atoms with Gasteiger partial charge in [0, 0.05) is 43.9 Å². The van der Waals surface area contributed by atoms with Gasteiger partial charge in [0.1, 0.15) is 17.5 Å². The number of carbonyl (C=O) groups is 5. The summed E-state index contributed by atoms with van der Waals surface area (Å²) in [5.74, 6) is -4.86. The fraction of sp³-hybridized carbons (Fsp3) is 0.698. The summed E-state index contributed by atoms with van der Waals surface area (Å²) >= 11 is 0. The minimum absolute atomic E-state index is 0.00736. The number of aliphatic hydroxyl groups is 2. The van der Waals surface area contributed by atoms with Gasteiger partial charge in [-0.3, -0.25) is 24.0 Å². The fourth-order valence-corrected chi connectivity index (χ4v) is 9.14. The minimum Gasteiger partial charge on any atom is -0.469 e. The fourth-order valence-electron chi connectivity index (χ4n) is 9.14. The SMILES string of the molecule is COC(=O)[C@]12CC(=O)[C@H](C(C)C)CC(=O)/C(C)=C\CC/C(C)=C\C(=O)[C@H]1CC(C)=C1C[C@H](OC(C)=O)[C@](C)(O)[C@H]3CC[C@@](C)(O)[C@H](CC/C(C)=C/[C@@H]12)O3. The number of fused-ring (bicyclic) bond motifs is 5. The highest BCUT2D eigenvalue weighted by Gasteiger charge is 2.60. The van der Waals surface area contributed by atoms with E-state index in [9.17, 15) is 34.2 Å². The van der Waals surface area contributed by atoms with Crippen molar-refractivity contribution in [1.82, 2.24) is 0 Å². The summed E-state index contributed by atoms with van der Waals surface area (Å²) < 4.78 is 17.9. The molecule has 2 bridgehead atoms. The summed E-state index contributed by atoms with van der Waals surface area (Å²) in [4.78, 5) is 70.3. The molecule has 0 spiro atoms. The van der Waals surface area contributed by atoms with E-state index >= 15 is 0 Å². The monoisotopic (exact) mass is 738 g/mol. The zero-order valence-corrected chi connectivity index (χ0v) is 33.5. The third kappa shape index (κ3) is 9.03. The Morgan fingerprint density at radius 1 is 0.943 bits per heavy atom. The van der Waals surface area contributed by atoms with Crippen LogP contribution in [0.1, 0.15) is 127 Å². The van der Waals surface area contributed by atoms with Crippen molar-refractivity contribution >= 4 is 29.3 Å². The van der Waals surface area contributed by atoms with Gasteiger partial charge < -0.3 is 24.4 Å². The molecular formula is C43H62O10. The Labute approximate surface area is 315 Å². The van der Waals surface area contributed by atoms with Crippen LogP contribution in [0.4, 0.5) is 0 Å². The number of esters is 2. The van der Waals surface area contributed by atoms with Crippen LogP contribution >= 0.6 is 0 Å². The number of ketones is 3. The molecule has 0 aromatic rings. The summed E-state index contributed by atoms with van der Waals surface area (Å²) in [6.07, 6.45) is 5.18. The van der Waals surface area contributed by atoms with Gasteiger partial charge in [0.25, 0.3) is 0 Å². The van der Waals surface area contributed by atoms with E-state index < -0.39 is 64.6 Å². The Balaban J connectivity index is 2.05. The van der Waals surface area contributed by atoms with Crippen LogP contribution < -0.4 is 0 Å². The van der Waals surface area contributed by atoms with Gasteiger partial charge in [0.05, 0.1) is 30.3 Å². The highest BCUT2D eigenvalue weighted by Crippen LogP contribution is 2.56. The van der Waals surface area contributed by atoms with Gasteiger partial charge in [0.15, 0.2) is 11.6 Å². The van der Waals surface area contributed by atoms with E-state index in [1.165, 1.54) is 14.0 Å². The van der Waals surface area contributed by atoms with E-state index in [-0.39, 0.29) is 49.0 Å². The molecule has 1 fully saturated rings. The number of methoxy groups -OCH3 is 1. The van der Waals surface area contributed by atoms with Crippen molar-refractivity contribution in [2.24, 2.45) is 29.1 Å². The Morgan fingerprint density at radius 2 is 1.62 bits per heavy atom. The lowest BCUT2D eigenvalue weighted by atomic mass is 9.53. The van der Waals surface area contributed by atoms with E-state index in [2.05, 4.69) is 0 Å². The summed E-state index contributed by atoms with van der Waals surface area (Å²) in [6, 6.07) is 0. The second-order valence-electron chi connectivity index (χ2n) is 17.1. The maximum absolute atomic E-state index is 14.8. The predicted octanol–water partition coefficient (Wildman–Crippen LogP) is 6.66. The molecule has 2 aliphatic carbocycles. The number of allylic oxidation sites excluding steroid dienone is 7. The van der Waals surface area contributed by atoms with Crippen LogP contribution in [0, 0.1) is 29.1 Å². The molecule has 2 heterocycles. The Kier molecular flexibility index (Phi) is 13.4. The molecule has 1 saturated heterocycles. The first-order valence-electron chi connectivity index (χ1n) is 19.3. The quantitative estimate of drug-likeness (QED) is 0.238. The van der Waals surface area contributed by atoms with Crippen molar-refractivity contribution in [3.05, 3.63) is 46.1 Å². The number of hydrogen-bond acceptors (Lipinski definition) is 10. The number of ether oxygens (including phenoxy) is 3. The van der Waals surface area contributed by atoms with Crippen molar-refractivity contribution in [3.8, 4) is 0 Å². The lowest BCUT2D eigenvalue weighted by Crippen LogP contribution is -2.59. The van der Waals surface area contributed by atoms with Gasteiger partial charge in [-0.2, -0.15) is 0 Å². The van der Waals surface area contributed by atoms with E-state index in [4.69, 9.17) is 14.2 Å². The van der Waals surface area contributed by atoms with E-state index in [1.807, 2.05) is 46.8 Å². The molecule has 9 atom stereocenters. The molecule has 0 aromatic heterocycles. The molecule has 294 valence electrons. The average molecular weight is 739 g/mol. The average Bonchev–Trinajstić information content (AvgIpc) is 3.06. The maximum atomic E-state index is 14.8. The van der Waals surface area contributed by atoms with Gasteiger partial charge in [0.2, 0.25) is 0 Å². The molecular weight excluding hydrogens is 676 g/mol. The number of carbonyl (C=O) groups excluding carboxylic acids is 5. The third-order valence-corrected chi connectivity index (χ3v) is 12.6. The first-order valence-corrected chi connectivity index (χ1v) is 19.3. The standard InChI is InChI=1S/C43H62O10/c1-24(2)30-21-34(45)27(5)13-11-12-25(3)19-35(46)33-20-28(6)31-22-39(52-29(7)44)42(9,50)38-16-17-41(8,49)37(53-38)15-14-26(4)18-32(31)43(33,23-36(30)47)40(48)51-10/h13,18-19,24,30,32-33,37-39,49-50H,11-12,14-17,20-23H2,1-10H3/b25-19-,26-18+,27-13-/t30-,32-,33+,37-,38+,39-,41+,42+,43-/m0/s1. The van der Waals surface area contributed by atoms with Crippen LogP contribution in [-0.4, -0.2) is 76.1 Å². The molecule has 0 amide bonds. The zero-order valence-electron chi connectivity index (χ0n) is 33.5. The van der Waals surface area contributed by atoms with Gasteiger partial charge in [-0.1, -0.05) is 48.3 Å².